The zero-order valence-corrected chi connectivity index (χ0v) is 11.2. The Kier molecular flexibility index (Phi) is 2.88. The summed E-state index contributed by atoms with van der Waals surface area (Å²) < 4.78 is 0.597. The summed E-state index contributed by atoms with van der Waals surface area (Å²) in [5.74, 6) is -0.0000694. The van der Waals surface area contributed by atoms with Crippen LogP contribution in [0.1, 0.15) is 15.9 Å². The number of rotatable bonds is 1. The molecule has 1 aromatic heterocycles. The first-order chi connectivity index (χ1) is 8.77. The van der Waals surface area contributed by atoms with Crippen molar-refractivity contribution in [1.82, 2.24) is 4.98 Å². The number of anilines is 1. The first-order valence-corrected chi connectivity index (χ1v) is 6.57. The van der Waals surface area contributed by atoms with Crippen LogP contribution < -0.4 is 4.90 Å². The van der Waals surface area contributed by atoms with Gasteiger partial charge >= 0.3 is 0 Å². The summed E-state index contributed by atoms with van der Waals surface area (Å²) in [5.41, 5.74) is 2.85. The molecule has 0 fully saturated rings. The number of carbonyl (C=O) groups is 1. The van der Waals surface area contributed by atoms with Gasteiger partial charge in [0.1, 0.15) is 4.60 Å². The Morgan fingerprint density at radius 2 is 2.06 bits per heavy atom. The number of para-hydroxylation sites is 1. The molecule has 0 saturated heterocycles. The summed E-state index contributed by atoms with van der Waals surface area (Å²) >= 11 is 3.33. The number of halogens is 1. The lowest BCUT2D eigenvalue weighted by atomic mass is 10.2. The summed E-state index contributed by atoms with van der Waals surface area (Å²) in [7, 11) is 0. The maximum absolute atomic E-state index is 12.5. The molecule has 1 aliphatic heterocycles. The third-order valence-electron chi connectivity index (χ3n) is 3.12. The minimum atomic E-state index is -0.0000694. The van der Waals surface area contributed by atoms with Crippen LogP contribution in [-0.2, 0) is 6.42 Å². The van der Waals surface area contributed by atoms with Crippen LogP contribution >= 0.6 is 15.9 Å². The maximum Gasteiger partial charge on any atom is 0.261 e. The fraction of sp³-hybridized carbons (Fsp3) is 0.143. The molecule has 0 radical (unpaired) electrons. The first-order valence-electron chi connectivity index (χ1n) is 5.77. The van der Waals surface area contributed by atoms with E-state index in [9.17, 15) is 4.79 Å². The molecule has 3 rings (SSSR count). The first kappa shape index (κ1) is 11.4. The number of hydrogen-bond donors (Lipinski definition) is 0. The zero-order chi connectivity index (χ0) is 12.5. The van der Waals surface area contributed by atoms with Crippen molar-refractivity contribution < 1.29 is 4.79 Å². The van der Waals surface area contributed by atoms with Gasteiger partial charge in [-0.1, -0.05) is 18.2 Å². The molecule has 0 saturated carbocycles. The van der Waals surface area contributed by atoms with Gasteiger partial charge in [0.25, 0.3) is 5.91 Å². The summed E-state index contributed by atoms with van der Waals surface area (Å²) in [6.45, 7) is 0.736. The molecule has 1 aliphatic rings. The molecule has 2 aromatic rings. The van der Waals surface area contributed by atoms with E-state index in [4.69, 9.17) is 0 Å². The molecule has 0 spiro atoms. The Morgan fingerprint density at radius 1 is 1.22 bits per heavy atom. The summed E-state index contributed by atoms with van der Waals surface area (Å²) in [6, 6.07) is 11.6. The van der Waals surface area contributed by atoms with Crippen molar-refractivity contribution in [2.45, 2.75) is 6.42 Å². The van der Waals surface area contributed by atoms with Crippen LogP contribution in [0.15, 0.2) is 47.2 Å². The van der Waals surface area contributed by atoms with Crippen molar-refractivity contribution in [2.75, 3.05) is 11.4 Å². The molecule has 0 bridgehead atoms. The Labute approximate surface area is 114 Å². The van der Waals surface area contributed by atoms with Crippen LogP contribution in [0.5, 0.6) is 0 Å². The van der Waals surface area contributed by atoms with Gasteiger partial charge in [0.15, 0.2) is 0 Å². The number of nitrogens with zero attached hydrogens (tertiary/aromatic N) is 2. The molecule has 0 atom stereocenters. The van der Waals surface area contributed by atoms with Gasteiger partial charge in [-0.2, -0.15) is 0 Å². The van der Waals surface area contributed by atoms with Gasteiger partial charge in [0.2, 0.25) is 0 Å². The lowest BCUT2D eigenvalue weighted by Crippen LogP contribution is -2.29. The monoisotopic (exact) mass is 302 g/mol. The van der Waals surface area contributed by atoms with Gasteiger partial charge in [-0.15, -0.1) is 0 Å². The number of amides is 1. The summed E-state index contributed by atoms with van der Waals surface area (Å²) in [4.78, 5) is 18.4. The highest BCUT2D eigenvalue weighted by atomic mass is 79.9. The van der Waals surface area contributed by atoms with Gasteiger partial charge in [-0.05, 0) is 46.1 Å². The van der Waals surface area contributed by atoms with Crippen LogP contribution in [-0.4, -0.2) is 17.4 Å². The van der Waals surface area contributed by atoms with Gasteiger partial charge in [-0.25, -0.2) is 4.98 Å². The highest BCUT2D eigenvalue weighted by Gasteiger charge is 2.26. The van der Waals surface area contributed by atoms with E-state index in [1.807, 2.05) is 23.1 Å². The van der Waals surface area contributed by atoms with Crippen molar-refractivity contribution in [3.05, 3.63) is 58.3 Å². The SMILES string of the molecule is O=C(c1cccnc1Br)N1CCc2ccccc21. The molecule has 0 unspecified atom stereocenters. The quantitative estimate of drug-likeness (QED) is 0.759. The van der Waals surface area contributed by atoms with Crippen molar-refractivity contribution in [2.24, 2.45) is 0 Å². The van der Waals surface area contributed by atoms with Crippen molar-refractivity contribution >= 4 is 27.5 Å². The van der Waals surface area contributed by atoms with Crippen molar-refractivity contribution in [1.29, 1.82) is 0 Å². The fourth-order valence-corrected chi connectivity index (χ4v) is 2.66. The maximum atomic E-state index is 12.5. The molecule has 3 nitrogen and oxygen atoms in total. The molecule has 2 heterocycles. The van der Waals surface area contributed by atoms with E-state index >= 15 is 0 Å². The second-order valence-electron chi connectivity index (χ2n) is 4.18. The Hall–Kier alpha value is -1.68. The van der Waals surface area contributed by atoms with Gasteiger partial charge in [-0.3, -0.25) is 4.79 Å². The second-order valence-corrected chi connectivity index (χ2v) is 4.93. The molecular weight excluding hydrogens is 292 g/mol. The van der Waals surface area contributed by atoms with Gasteiger partial charge in [0.05, 0.1) is 5.56 Å². The third kappa shape index (κ3) is 1.82. The van der Waals surface area contributed by atoms with Gasteiger partial charge in [0, 0.05) is 18.4 Å². The minimum absolute atomic E-state index is 0.0000694. The normalized spacial score (nSPS) is 13.5. The van der Waals surface area contributed by atoms with E-state index in [-0.39, 0.29) is 5.91 Å². The van der Waals surface area contributed by atoms with Crippen LogP contribution in [0.3, 0.4) is 0 Å². The minimum Gasteiger partial charge on any atom is -0.308 e. The molecule has 0 aliphatic carbocycles. The highest BCUT2D eigenvalue weighted by molar-refractivity contribution is 9.10. The van der Waals surface area contributed by atoms with Crippen LogP contribution in [0.4, 0.5) is 5.69 Å². The zero-order valence-electron chi connectivity index (χ0n) is 9.64. The average molecular weight is 303 g/mol. The van der Waals surface area contributed by atoms with Crippen molar-refractivity contribution in [3.8, 4) is 0 Å². The standard InChI is InChI=1S/C14H11BrN2O/c15-13-11(5-3-8-16-13)14(18)17-9-7-10-4-1-2-6-12(10)17/h1-6,8H,7,9H2. The molecule has 0 N–H and O–H groups in total. The van der Waals surface area contributed by atoms with Crippen LogP contribution in [0.25, 0.3) is 0 Å². The van der Waals surface area contributed by atoms with E-state index in [0.717, 1.165) is 18.7 Å². The van der Waals surface area contributed by atoms with Crippen LogP contribution in [0.2, 0.25) is 0 Å². The molecule has 1 amide bonds. The van der Waals surface area contributed by atoms with E-state index in [0.29, 0.717) is 10.2 Å². The van der Waals surface area contributed by atoms with Crippen molar-refractivity contribution in [3.63, 3.8) is 0 Å². The second kappa shape index (κ2) is 4.53. The lowest BCUT2D eigenvalue weighted by Gasteiger charge is -2.17. The molecule has 18 heavy (non-hydrogen) atoms. The third-order valence-corrected chi connectivity index (χ3v) is 3.75. The average Bonchev–Trinajstić information content (AvgIpc) is 2.82. The molecule has 90 valence electrons. The Balaban J connectivity index is 1.99. The topological polar surface area (TPSA) is 33.2 Å². The van der Waals surface area contributed by atoms with E-state index in [1.165, 1.54) is 5.56 Å². The largest absolute Gasteiger partial charge is 0.308 e. The number of hydrogen-bond acceptors (Lipinski definition) is 2. The summed E-state index contributed by atoms with van der Waals surface area (Å²) in [6.07, 6.45) is 2.58. The molecule has 1 aromatic carbocycles. The van der Waals surface area contributed by atoms with E-state index in [2.05, 4.69) is 27.0 Å². The number of carbonyl (C=O) groups excluding carboxylic acids is 1. The lowest BCUT2D eigenvalue weighted by molar-refractivity contribution is 0.0988. The predicted octanol–water partition coefficient (Wildman–Crippen LogP) is 3.05. The molecular formula is C14H11BrN2O. The number of aromatic nitrogens is 1. The van der Waals surface area contributed by atoms with Crippen LogP contribution in [0, 0.1) is 0 Å². The Morgan fingerprint density at radius 3 is 2.89 bits per heavy atom. The van der Waals surface area contributed by atoms with E-state index in [1.54, 1.807) is 18.3 Å². The molecule has 4 heteroatoms. The van der Waals surface area contributed by atoms with Gasteiger partial charge < -0.3 is 4.90 Å². The number of benzene rings is 1. The predicted molar refractivity (Wildman–Crippen MR) is 73.8 cm³/mol. The number of pyridine rings is 1. The fourth-order valence-electron chi connectivity index (χ4n) is 2.24. The highest BCUT2D eigenvalue weighted by Crippen LogP contribution is 2.29. The number of fused-ring (bicyclic) bond motifs is 1. The van der Waals surface area contributed by atoms with E-state index < -0.39 is 0 Å². The summed E-state index contributed by atoms with van der Waals surface area (Å²) in [5, 5.41) is 0. The Bertz CT molecular complexity index is 612. The smallest absolute Gasteiger partial charge is 0.261 e.